The van der Waals surface area contributed by atoms with Crippen LogP contribution in [0.5, 0.6) is 0 Å². The van der Waals surface area contributed by atoms with Crippen molar-refractivity contribution in [1.82, 2.24) is 0 Å². The third kappa shape index (κ3) is 2.09. The van der Waals surface area contributed by atoms with Crippen LogP contribution in [-0.2, 0) is 0 Å². The van der Waals surface area contributed by atoms with Crippen LogP contribution in [-0.4, -0.2) is 12.0 Å². The minimum atomic E-state index is 0.984. The fourth-order valence-electron chi connectivity index (χ4n) is 0.857. The highest BCUT2D eigenvalue weighted by molar-refractivity contribution is 7.97. The molecule has 0 bridgehead atoms. The maximum absolute atomic E-state index is 4.22. The average Bonchev–Trinajstić information content (AvgIpc) is 1.98. The van der Waals surface area contributed by atoms with E-state index in [1.54, 1.807) is 0 Å². The molecule has 1 nitrogen and oxygen atoms in total. The molecule has 0 saturated carbocycles. The van der Waals surface area contributed by atoms with E-state index in [0.29, 0.717) is 0 Å². The van der Waals surface area contributed by atoms with Gasteiger partial charge in [-0.3, -0.25) is 0 Å². The lowest BCUT2D eigenvalue weighted by atomic mass is 10.0. The molecule has 0 heterocycles. The summed E-state index contributed by atoms with van der Waals surface area (Å²) < 4.78 is 4.22. The van der Waals surface area contributed by atoms with Gasteiger partial charge in [0.05, 0.1) is 5.71 Å². The molecule has 0 N–H and O–H groups in total. The molecule has 0 aliphatic heterocycles. The summed E-state index contributed by atoms with van der Waals surface area (Å²) in [7, 11) is 0. The van der Waals surface area contributed by atoms with Crippen molar-refractivity contribution in [2.45, 2.75) is 6.92 Å². The third-order valence-corrected chi connectivity index (χ3v) is 1.81. The van der Waals surface area contributed by atoms with Crippen molar-refractivity contribution in [1.29, 1.82) is 0 Å². The lowest BCUT2D eigenvalue weighted by molar-refractivity contribution is 1.50. The second-order valence-electron chi connectivity index (χ2n) is 2.41. The Bertz CT molecular complexity index is 259. The zero-order valence-corrected chi connectivity index (χ0v) is 7.61. The molecule has 0 fully saturated rings. The van der Waals surface area contributed by atoms with Crippen molar-refractivity contribution in [3.8, 4) is 0 Å². The van der Waals surface area contributed by atoms with Crippen LogP contribution in [0.3, 0.4) is 0 Å². The molecule has 0 atom stereocenters. The van der Waals surface area contributed by atoms with Crippen molar-refractivity contribution >= 4 is 17.7 Å². The molecule has 1 aliphatic carbocycles. The summed E-state index contributed by atoms with van der Waals surface area (Å²) in [6.07, 6.45) is 8.02. The molecule has 58 valence electrons. The molecule has 2 heteroatoms. The number of hydrogen-bond donors (Lipinski definition) is 0. The van der Waals surface area contributed by atoms with Gasteiger partial charge in [-0.05, 0) is 36.1 Å². The van der Waals surface area contributed by atoms with Crippen LogP contribution in [0.1, 0.15) is 6.92 Å². The largest absolute Gasteiger partial charge is 0.216 e. The molecule has 0 amide bonds. The molecule has 0 aromatic heterocycles. The minimum Gasteiger partial charge on any atom is -0.216 e. The number of allylic oxidation sites excluding steroid dienone is 5. The second-order valence-corrected chi connectivity index (χ2v) is 2.95. The van der Waals surface area contributed by atoms with Crippen molar-refractivity contribution in [2.75, 3.05) is 6.26 Å². The molecular formula is C9H11NS. The first kappa shape index (κ1) is 8.34. The van der Waals surface area contributed by atoms with Crippen LogP contribution in [0.2, 0.25) is 0 Å². The van der Waals surface area contributed by atoms with E-state index in [1.165, 1.54) is 17.5 Å². The molecule has 1 rings (SSSR count). The fraction of sp³-hybridized carbons (Fsp3) is 0.222. The highest BCUT2D eigenvalue weighted by Gasteiger charge is 2.02. The average molecular weight is 165 g/mol. The Morgan fingerprint density at radius 2 is 2.18 bits per heavy atom. The van der Waals surface area contributed by atoms with E-state index < -0.39 is 0 Å². The molecule has 0 aromatic carbocycles. The maximum atomic E-state index is 4.22. The predicted molar refractivity (Wildman–Crippen MR) is 53.0 cm³/mol. The van der Waals surface area contributed by atoms with Crippen LogP contribution >= 0.6 is 11.9 Å². The fourth-order valence-corrected chi connectivity index (χ4v) is 1.22. The van der Waals surface area contributed by atoms with Crippen LogP contribution in [0.4, 0.5) is 0 Å². The van der Waals surface area contributed by atoms with E-state index in [0.717, 1.165) is 11.3 Å². The van der Waals surface area contributed by atoms with E-state index in [4.69, 9.17) is 0 Å². The van der Waals surface area contributed by atoms with E-state index in [9.17, 15) is 0 Å². The van der Waals surface area contributed by atoms with Gasteiger partial charge in [0.15, 0.2) is 0 Å². The van der Waals surface area contributed by atoms with Gasteiger partial charge in [0.1, 0.15) is 0 Å². The standard InChI is InChI=1S/C9H11NS/c1-7-4-5-8(2)9(6-7)10-11-3/h4-6H,2H2,1,3H3/b10-9-. The summed E-state index contributed by atoms with van der Waals surface area (Å²) in [4.78, 5) is 0. The highest BCUT2D eigenvalue weighted by atomic mass is 32.2. The van der Waals surface area contributed by atoms with Crippen molar-refractivity contribution in [3.63, 3.8) is 0 Å². The van der Waals surface area contributed by atoms with Crippen LogP contribution in [0, 0.1) is 0 Å². The van der Waals surface area contributed by atoms with Gasteiger partial charge in [0, 0.05) is 6.26 Å². The first-order chi connectivity index (χ1) is 5.24. The molecule has 0 spiro atoms. The Balaban J connectivity index is 2.90. The zero-order valence-electron chi connectivity index (χ0n) is 6.79. The summed E-state index contributed by atoms with van der Waals surface area (Å²) in [5, 5.41) is 0. The first-order valence-corrected chi connectivity index (χ1v) is 4.59. The second kappa shape index (κ2) is 3.58. The lowest BCUT2D eigenvalue weighted by Gasteiger charge is -2.05. The lowest BCUT2D eigenvalue weighted by Crippen LogP contribution is -1.99. The van der Waals surface area contributed by atoms with Gasteiger partial charge < -0.3 is 0 Å². The van der Waals surface area contributed by atoms with Gasteiger partial charge >= 0.3 is 0 Å². The van der Waals surface area contributed by atoms with Gasteiger partial charge in [-0.2, -0.15) is 0 Å². The van der Waals surface area contributed by atoms with Gasteiger partial charge in [-0.25, -0.2) is 4.40 Å². The van der Waals surface area contributed by atoms with E-state index in [1.807, 2.05) is 24.5 Å². The summed E-state index contributed by atoms with van der Waals surface area (Å²) in [5.41, 5.74) is 3.20. The number of rotatable bonds is 1. The van der Waals surface area contributed by atoms with Gasteiger partial charge in [-0.15, -0.1) is 0 Å². The molecule has 0 radical (unpaired) electrons. The summed E-state index contributed by atoms with van der Waals surface area (Å²) in [6.45, 7) is 5.93. The summed E-state index contributed by atoms with van der Waals surface area (Å²) >= 11 is 1.46. The third-order valence-electron chi connectivity index (χ3n) is 1.43. The predicted octanol–water partition coefficient (Wildman–Crippen LogP) is 2.78. The zero-order chi connectivity index (χ0) is 8.27. The van der Waals surface area contributed by atoms with Gasteiger partial charge in [0.2, 0.25) is 0 Å². The molecule has 0 saturated heterocycles. The van der Waals surface area contributed by atoms with Crippen LogP contribution in [0.25, 0.3) is 0 Å². The highest BCUT2D eigenvalue weighted by Crippen LogP contribution is 2.13. The molecule has 0 aromatic rings. The van der Waals surface area contributed by atoms with Gasteiger partial charge in [0.25, 0.3) is 0 Å². The Morgan fingerprint density at radius 3 is 2.82 bits per heavy atom. The van der Waals surface area contributed by atoms with Crippen LogP contribution in [0.15, 0.2) is 40.4 Å². The van der Waals surface area contributed by atoms with Crippen molar-refractivity contribution < 1.29 is 0 Å². The van der Waals surface area contributed by atoms with Crippen molar-refractivity contribution in [2.24, 2.45) is 4.40 Å². The normalized spacial score (nSPS) is 20.7. The number of hydrogen-bond acceptors (Lipinski definition) is 2. The first-order valence-electron chi connectivity index (χ1n) is 3.41. The van der Waals surface area contributed by atoms with Crippen LogP contribution < -0.4 is 0 Å². The monoisotopic (exact) mass is 165 g/mol. The van der Waals surface area contributed by atoms with E-state index in [2.05, 4.69) is 17.9 Å². The van der Waals surface area contributed by atoms with Gasteiger partial charge in [-0.1, -0.05) is 18.7 Å². The number of nitrogens with zero attached hydrogens (tertiary/aromatic N) is 1. The molecule has 11 heavy (non-hydrogen) atoms. The summed E-state index contributed by atoms with van der Waals surface area (Å²) in [5.74, 6) is 0. The quantitative estimate of drug-likeness (QED) is 0.544. The smallest absolute Gasteiger partial charge is 0.0781 e. The maximum Gasteiger partial charge on any atom is 0.0781 e. The molecule has 1 aliphatic rings. The Morgan fingerprint density at radius 1 is 1.45 bits per heavy atom. The molecule has 0 unspecified atom stereocenters. The molecular weight excluding hydrogens is 154 g/mol. The van der Waals surface area contributed by atoms with E-state index >= 15 is 0 Å². The van der Waals surface area contributed by atoms with Crippen molar-refractivity contribution in [3.05, 3.63) is 36.0 Å². The Hall–Kier alpha value is -0.760. The topological polar surface area (TPSA) is 12.4 Å². The Labute approximate surface area is 71.7 Å². The summed E-state index contributed by atoms with van der Waals surface area (Å²) in [6, 6.07) is 0. The SMILES string of the molecule is C=C1C=CC(C)=C/C1=N/SC. The minimum absolute atomic E-state index is 0.984. The van der Waals surface area contributed by atoms with E-state index in [-0.39, 0.29) is 0 Å². The Kier molecular flexibility index (Phi) is 2.71.